The van der Waals surface area contributed by atoms with E-state index in [1.807, 2.05) is 11.8 Å². The van der Waals surface area contributed by atoms with E-state index >= 15 is 0 Å². The van der Waals surface area contributed by atoms with Crippen LogP contribution in [0.25, 0.3) is 0 Å². The Labute approximate surface area is 126 Å². The normalized spacial score (nSPS) is 17.3. The van der Waals surface area contributed by atoms with E-state index < -0.39 is 12.7 Å². The van der Waals surface area contributed by atoms with Crippen molar-refractivity contribution in [1.29, 1.82) is 0 Å². The van der Waals surface area contributed by atoms with E-state index in [1.165, 1.54) is 4.90 Å². The quantitative estimate of drug-likeness (QED) is 0.843. The first-order chi connectivity index (χ1) is 9.69. The highest BCUT2D eigenvalue weighted by molar-refractivity contribution is 7.80. The third-order valence-electron chi connectivity index (χ3n) is 3.51. The fourth-order valence-corrected chi connectivity index (χ4v) is 2.91. The van der Waals surface area contributed by atoms with E-state index in [0.29, 0.717) is 31.7 Å². The minimum atomic E-state index is -4.16. The third kappa shape index (κ3) is 3.65. The molecule has 5 nitrogen and oxygen atoms in total. The number of anilines is 1. The summed E-state index contributed by atoms with van der Waals surface area (Å²) < 4.78 is 38.9. The van der Waals surface area contributed by atoms with Crippen LogP contribution < -0.4 is 10.6 Å². The predicted octanol–water partition coefficient (Wildman–Crippen LogP) is 1.05. The lowest BCUT2D eigenvalue weighted by Crippen LogP contribution is -2.50. The minimum absolute atomic E-state index is 0.258. The van der Waals surface area contributed by atoms with Gasteiger partial charge in [0.2, 0.25) is 0 Å². The first-order valence-corrected chi connectivity index (χ1v) is 6.97. The summed E-state index contributed by atoms with van der Waals surface area (Å²) >= 11 is 5.05. The fourth-order valence-electron chi connectivity index (χ4n) is 2.67. The Hall–Kier alpha value is -1.35. The molecule has 0 aromatic carbocycles. The van der Waals surface area contributed by atoms with Crippen molar-refractivity contribution in [3.8, 4) is 0 Å². The lowest BCUT2D eigenvalue weighted by Gasteiger charge is -2.36. The monoisotopic (exact) mass is 321 g/mol. The van der Waals surface area contributed by atoms with Gasteiger partial charge in [0.05, 0.1) is 17.8 Å². The molecule has 2 rings (SSSR count). The third-order valence-corrected chi connectivity index (χ3v) is 3.72. The van der Waals surface area contributed by atoms with E-state index in [2.05, 4.69) is 5.10 Å². The minimum Gasteiger partial charge on any atom is -0.389 e. The van der Waals surface area contributed by atoms with Crippen LogP contribution in [0, 0.1) is 6.92 Å². The van der Waals surface area contributed by atoms with Gasteiger partial charge >= 0.3 is 6.18 Å². The highest BCUT2D eigenvalue weighted by Gasteiger charge is 2.33. The van der Waals surface area contributed by atoms with Gasteiger partial charge in [0.1, 0.15) is 10.8 Å². The van der Waals surface area contributed by atoms with Gasteiger partial charge in [-0.2, -0.15) is 18.3 Å². The van der Waals surface area contributed by atoms with E-state index in [9.17, 15) is 13.2 Å². The average molecular weight is 321 g/mol. The number of nitrogens with two attached hydrogens (primary N) is 1. The summed E-state index contributed by atoms with van der Waals surface area (Å²) in [5.41, 5.74) is 7.18. The fraction of sp³-hybridized carbons (Fsp3) is 0.667. The number of alkyl halides is 3. The molecule has 2 N–H and O–H groups in total. The number of aryl methyl sites for hydroxylation is 2. The maximum atomic E-state index is 12.4. The van der Waals surface area contributed by atoms with Gasteiger partial charge in [0.15, 0.2) is 0 Å². The molecule has 0 amide bonds. The molecule has 1 fully saturated rings. The highest BCUT2D eigenvalue weighted by Crippen LogP contribution is 2.25. The summed E-state index contributed by atoms with van der Waals surface area (Å²) in [5.74, 6) is 0.784. The number of aromatic nitrogens is 2. The smallest absolute Gasteiger partial charge is 0.389 e. The lowest BCUT2D eigenvalue weighted by atomic mass is 10.2. The van der Waals surface area contributed by atoms with Gasteiger partial charge in [0, 0.05) is 33.2 Å². The summed E-state index contributed by atoms with van der Waals surface area (Å²) in [6.45, 7) is 2.63. The predicted molar refractivity (Wildman–Crippen MR) is 78.5 cm³/mol. The topological polar surface area (TPSA) is 50.3 Å². The molecule has 0 saturated carbocycles. The first kappa shape index (κ1) is 16.0. The van der Waals surface area contributed by atoms with Gasteiger partial charge in [-0.1, -0.05) is 12.2 Å². The van der Waals surface area contributed by atoms with E-state index in [1.54, 1.807) is 11.7 Å². The van der Waals surface area contributed by atoms with Crippen molar-refractivity contribution in [3.63, 3.8) is 0 Å². The molecule has 0 atom stereocenters. The second kappa shape index (κ2) is 5.80. The zero-order valence-electron chi connectivity index (χ0n) is 11.9. The summed E-state index contributed by atoms with van der Waals surface area (Å²) in [7, 11) is 1.78. The van der Waals surface area contributed by atoms with Gasteiger partial charge in [-0.3, -0.25) is 9.58 Å². The summed E-state index contributed by atoms with van der Waals surface area (Å²) in [6, 6.07) is 0. The van der Waals surface area contributed by atoms with Crippen LogP contribution in [0.4, 0.5) is 19.0 Å². The molecule has 1 aliphatic heterocycles. The molecule has 1 aliphatic rings. The number of nitrogens with zero attached hydrogens (tertiary/aromatic N) is 4. The zero-order chi connectivity index (χ0) is 15.8. The van der Waals surface area contributed by atoms with Crippen molar-refractivity contribution >= 4 is 23.0 Å². The molecule has 9 heteroatoms. The molecule has 0 bridgehead atoms. The summed E-state index contributed by atoms with van der Waals surface area (Å²) in [4.78, 5) is 3.65. The average Bonchev–Trinajstić information content (AvgIpc) is 2.63. The summed E-state index contributed by atoms with van der Waals surface area (Å²) in [5, 5.41) is 4.30. The van der Waals surface area contributed by atoms with Crippen molar-refractivity contribution in [3.05, 3.63) is 11.3 Å². The van der Waals surface area contributed by atoms with Crippen LogP contribution in [0.1, 0.15) is 11.3 Å². The van der Waals surface area contributed by atoms with Gasteiger partial charge in [-0.05, 0) is 6.92 Å². The van der Waals surface area contributed by atoms with Gasteiger partial charge in [-0.15, -0.1) is 0 Å². The van der Waals surface area contributed by atoms with Crippen LogP contribution in [-0.4, -0.2) is 58.6 Å². The standard InChI is InChI=1S/C12H18F3N5S/c1-8-9(10(16)21)11(18(2)17-8)20-5-3-19(4-6-20)7-12(13,14)15/h3-7H2,1-2H3,(H2,16,21). The van der Waals surface area contributed by atoms with Crippen LogP contribution >= 0.6 is 12.2 Å². The van der Waals surface area contributed by atoms with Gasteiger partial charge in [0.25, 0.3) is 0 Å². The van der Waals surface area contributed by atoms with Crippen LogP contribution in [0.2, 0.25) is 0 Å². The number of hydrogen-bond acceptors (Lipinski definition) is 4. The van der Waals surface area contributed by atoms with E-state index in [0.717, 1.165) is 11.5 Å². The number of thiocarbonyl (C=S) groups is 1. The van der Waals surface area contributed by atoms with E-state index in [-0.39, 0.29) is 4.99 Å². The Morgan fingerprint density at radius 1 is 1.29 bits per heavy atom. The summed E-state index contributed by atoms with van der Waals surface area (Å²) in [6.07, 6.45) is -4.16. The molecular weight excluding hydrogens is 303 g/mol. The SMILES string of the molecule is Cc1nn(C)c(N2CCN(CC(F)(F)F)CC2)c1C(N)=S. The molecule has 2 heterocycles. The Morgan fingerprint density at radius 2 is 1.86 bits per heavy atom. The number of piperazine rings is 1. The zero-order valence-corrected chi connectivity index (χ0v) is 12.8. The van der Waals surface area contributed by atoms with Crippen LogP contribution in [-0.2, 0) is 7.05 Å². The molecule has 0 unspecified atom stereocenters. The maximum Gasteiger partial charge on any atom is 0.401 e. The van der Waals surface area contributed by atoms with Crippen molar-refractivity contribution in [2.24, 2.45) is 12.8 Å². The Morgan fingerprint density at radius 3 is 2.33 bits per heavy atom. The molecule has 1 saturated heterocycles. The number of halogens is 3. The molecule has 1 aromatic rings. The molecular formula is C12H18F3N5S. The largest absolute Gasteiger partial charge is 0.401 e. The second-order valence-electron chi connectivity index (χ2n) is 5.15. The maximum absolute atomic E-state index is 12.4. The van der Waals surface area contributed by atoms with Crippen molar-refractivity contribution < 1.29 is 13.2 Å². The molecule has 1 aromatic heterocycles. The van der Waals surface area contributed by atoms with Crippen molar-refractivity contribution in [2.75, 3.05) is 37.6 Å². The first-order valence-electron chi connectivity index (χ1n) is 6.56. The Kier molecular flexibility index (Phi) is 4.43. The molecule has 0 aliphatic carbocycles. The second-order valence-corrected chi connectivity index (χ2v) is 5.59. The number of rotatable bonds is 3. The van der Waals surface area contributed by atoms with E-state index in [4.69, 9.17) is 18.0 Å². The molecule has 0 radical (unpaired) electrons. The van der Waals surface area contributed by atoms with Gasteiger partial charge in [-0.25, -0.2) is 0 Å². The highest BCUT2D eigenvalue weighted by atomic mass is 32.1. The van der Waals surface area contributed by atoms with Gasteiger partial charge < -0.3 is 10.6 Å². The van der Waals surface area contributed by atoms with Crippen LogP contribution in [0.5, 0.6) is 0 Å². The lowest BCUT2D eigenvalue weighted by molar-refractivity contribution is -0.146. The van der Waals surface area contributed by atoms with Crippen LogP contribution in [0.3, 0.4) is 0 Å². The molecule has 21 heavy (non-hydrogen) atoms. The van der Waals surface area contributed by atoms with Crippen molar-refractivity contribution in [1.82, 2.24) is 14.7 Å². The van der Waals surface area contributed by atoms with Crippen LogP contribution in [0.15, 0.2) is 0 Å². The Bertz CT molecular complexity index is 532. The molecule has 0 spiro atoms. The van der Waals surface area contributed by atoms with Crippen molar-refractivity contribution in [2.45, 2.75) is 13.1 Å². The Balaban J connectivity index is 2.11. The number of hydrogen-bond donors (Lipinski definition) is 1. The molecule has 118 valence electrons.